The normalized spacial score (nSPS) is 15.0. The number of rotatable bonds is 2. The molecule has 0 radical (unpaired) electrons. The number of piperidine rings is 1. The van der Waals surface area contributed by atoms with Crippen molar-refractivity contribution in [3.8, 4) is 11.1 Å². The van der Waals surface area contributed by atoms with Gasteiger partial charge in [0.05, 0.1) is 5.52 Å². The molecule has 0 unspecified atom stereocenters. The molecule has 0 aliphatic carbocycles. The summed E-state index contributed by atoms with van der Waals surface area (Å²) in [5.74, 6) is 0.975. The topological polar surface area (TPSA) is 55.0 Å². The Kier molecular flexibility index (Phi) is 3.76. The van der Waals surface area contributed by atoms with Crippen LogP contribution in [0.15, 0.2) is 42.5 Å². The molecule has 4 rings (SSSR count). The Labute approximate surface area is 140 Å². The number of hydrogen-bond acceptors (Lipinski definition) is 4. The summed E-state index contributed by atoms with van der Waals surface area (Å²) in [6.45, 7) is 1.98. The van der Waals surface area contributed by atoms with Crippen molar-refractivity contribution in [1.82, 2.24) is 9.97 Å². The van der Waals surface area contributed by atoms with E-state index < -0.39 is 0 Å². The second kappa shape index (κ2) is 6.07. The van der Waals surface area contributed by atoms with Crippen LogP contribution in [-0.4, -0.2) is 23.1 Å². The minimum Gasteiger partial charge on any atom is -0.368 e. The second-order valence-corrected chi connectivity index (χ2v) is 6.19. The van der Waals surface area contributed by atoms with Crippen LogP contribution in [0.2, 0.25) is 0 Å². The fourth-order valence-corrected chi connectivity index (χ4v) is 3.30. The van der Waals surface area contributed by atoms with Gasteiger partial charge in [0.2, 0.25) is 5.95 Å². The van der Waals surface area contributed by atoms with Crippen LogP contribution in [0, 0.1) is 5.82 Å². The first kappa shape index (κ1) is 14.9. The number of halogens is 1. The van der Waals surface area contributed by atoms with Crippen LogP contribution in [0.3, 0.4) is 0 Å². The van der Waals surface area contributed by atoms with E-state index in [2.05, 4.69) is 20.9 Å². The molecule has 0 amide bonds. The van der Waals surface area contributed by atoms with E-state index in [4.69, 9.17) is 5.73 Å². The molecular weight excluding hydrogens is 303 g/mol. The summed E-state index contributed by atoms with van der Waals surface area (Å²) >= 11 is 0. The van der Waals surface area contributed by atoms with E-state index in [0.29, 0.717) is 5.95 Å². The van der Waals surface area contributed by atoms with Gasteiger partial charge in [-0.25, -0.2) is 9.37 Å². The smallest absolute Gasteiger partial charge is 0.222 e. The lowest BCUT2D eigenvalue weighted by molar-refractivity contribution is 0.575. The van der Waals surface area contributed by atoms with Gasteiger partial charge in [0.15, 0.2) is 0 Å². The minimum absolute atomic E-state index is 0.232. The Morgan fingerprint density at radius 2 is 1.58 bits per heavy atom. The zero-order chi connectivity index (χ0) is 16.5. The fraction of sp³-hybridized carbons (Fsp3) is 0.263. The molecule has 24 heavy (non-hydrogen) atoms. The highest BCUT2D eigenvalue weighted by Gasteiger charge is 2.17. The van der Waals surface area contributed by atoms with Gasteiger partial charge >= 0.3 is 0 Å². The molecule has 2 N–H and O–H groups in total. The van der Waals surface area contributed by atoms with Gasteiger partial charge in [0.1, 0.15) is 11.6 Å². The van der Waals surface area contributed by atoms with Crippen LogP contribution >= 0.6 is 0 Å². The predicted octanol–water partition coefficient (Wildman–Crippen LogP) is 4.01. The Bertz CT molecular complexity index is 870. The maximum Gasteiger partial charge on any atom is 0.222 e. The number of nitrogens with zero attached hydrogens (tertiary/aromatic N) is 3. The standard InChI is InChI=1S/C19H19FN4/c20-15-7-4-13(5-8-15)14-6-9-17-16(12-14)18(23-19(21)22-17)24-10-2-1-3-11-24/h4-9,12H,1-3,10-11H2,(H2,21,22,23). The number of benzene rings is 2. The quantitative estimate of drug-likeness (QED) is 0.774. The van der Waals surface area contributed by atoms with Crippen LogP contribution in [0.4, 0.5) is 16.2 Å². The molecular formula is C19H19FN4. The third-order valence-electron chi connectivity index (χ3n) is 4.53. The fourth-order valence-electron chi connectivity index (χ4n) is 3.30. The van der Waals surface area contributed by atoms with Crippen molar-refractivity contribution in [2.45, 2.75) is 19.3 Å². The van der Waals surface area contributed by atoms with E-state index in [1.165, 1.54) is 31.4 Å². The summed E-state index contributed by atoms with van der Waals surface area (Å²) in [5, 5.41) is 0.993. The average molecular weight is 322 g/mol. The van der Waals surface area contributed by atoms with Crippen molar-refractivity contribution in [2.24, 2.45) is 0 Å². The predicted molar refractivity (Wildman–Crippen MR) is 95.4 cm³/mol. The minimum atomic E-state index is -0.232. The van der Waals surface area contributed by atoms with Crippen molar-refractivity contribution in [3.63, 3.8) is 0 Å². The van der Waals surface area contributed by atoms with Crippen molar-refractivity contribution in [2.75, 3.05) is 23.7 Å². The first-order valence-corrected chi connectivity index (χ1v) is 8.29. The Hall–Kier alpha value is -2.69. The molecule has 2 heterocycles. The summed E-state index contributed by atoms with van der Waals surface area (Å²) < 4.78 is 13.2. The third kappa shape index (κ3) is 2.77. The average Bonchev–Trinajstić information content (AvgIpc) is 2.62. The number of fused-ring (bicyclic) bond motifs is 1. The molecule has 5 heteroatoms. The molecule has 0 bridgehead atoms. The lowest BCUT2D eigenvalue weighted by Crippen LogP contribution is -2.30. The van der Waals surface area contributed by atoms with Crippen molar-refractivity contribution in [1.29, 1.82) is 0 Å². The molecule has 2 aromatic carbocycles. The summed E-state index contributed by atoms with van der Waals surface area (Å²) in [7, 11) is 0. The molecule has 122 valence electrons. The van der Waals surface area contributed by atoms with E-state index in [-0.39, 0.29) is 5.82 Å². The number of aromatic nitrogens is 2. The highest BCUT2D eigenvalue weighted by molar-refractivity contribution is 5.93. The Balaban J connectivity index is 1.85. The zero-order valence-corrected chi connectivity index (χ0v) is 13.4. The number of nitrogen functional groups attached to an aromatic ring is 1. The molecule has 3 aromatic rings. The van der Waals surface area contributed by atoms with Crippen molar-refractivity contribution >= 4 is 22.7 Å². The van der Waals surface area contributed by atoms with Gasteiger partial charge in [0, 0.05) is 18.5 Å². The zero-order valence-electron chi connectivity index (χ0n) is 13.4. The number of nitrogens with two attached hydrogens (primary N) is 1. The van der Waals surface area contributed by atoms with Crippen LogP contribution < -0.4 is 10.6 Å². The van der Waals surface area contributed by atoms with Crippen molar-refractivity contribution in [3.05, 3.63) is 48.3 Å². The molecule has 0 atom stereocenters. The van der Waals surface area contributed by atoms with E-state index in [9.17, 15) is 4.39 Å². The first-order chi connectivity index (χ1) is 11.7. The van der Waals surface area contributed by atoms with Gasteiger partial charge in [-0.15, -0.1) is 0 Å². The first-order valence-electron chi connectivity index (χ1n) is 8.29. The van der Waals surface area contributed by atoms with E-state index in [1.807, 2.05) is 12.1 Å². The molecule has 0 saturated carbocycles. The van der Waals surface area contributed by atoms with Gasteiger partial charge in [-0.05, 0) is 54.7 Å². The van der Waals surface area contributed by atoms with E-state index in [1.54, 1.807) is 12.1 Å². The van der Waals surface area contributed by atoms with Crippen molar-refractivity contribution < 1.29 is 4.39 Å². The lowest BCUT2D eigenvalue weighted by Gasteiger charge is -2.28. The van der Waals surface area contributed by atoms with Crippen LogP contribution in [0.5, 0.6) is 0 Å². The maximum absolute atomic E-state index is 13.2. The largest absolute Gasteiger partial charge is 0.368 e. The second-order valence-electron chi connectivity index (χ2n) is 6.19. The SMILES string of the molecule is Nc1nc(N2CCCCC2)c2cc(-c3ccc(F)cc3)ccc2n1. The van der Waals surface area contributed by atoms with Crippen LogP contribution in [-0.2, 0) is 0 Å². The lowest BCUT2D eigenvalue weighted by atomic mass is 10.0. The summed E-state index contributed by atoms with van der Waals surface area (Å²) in [5.41, 5.74) is 8.74. The molecule has 4 nitrogen and oxygen atoms in total. The highest BCUT2D eigenvalue weighted by Crippen LogP contribution is 2.31. The molecule has 0 spiro atoms. The molecule has 1 aliphatic heterocycles. The monoisotopic (exact) mass is 322 g/mol. The number of anilines is 2. The summed E-state index contributed by atoms with van der Waals surface area (Å²) in [4.78, 5) is 11.2. The number of hydrogen-bond donors (Lipinski definition) is 1. The van der Waals surface area contributed by atoms with E-state index in [0.717, 1.165) is 40.9 Å². The third-order valence-corrected chi connectivity index (χ3v) is 4.53. The summed E-state index contributed by atoms with van der Waals surface area (Å²) in [6, 6.07) is 12.5. The van der Waals surface area contributed by atoms with Gasteiger partial charge in [0.25, 0.3) is 0 Å². The van der Waals surface area contributed by atoms with Gasteiger partial charge in [-0.3, -0.25) is 0 Å². The van der Waals surface area contributed by atoms with E-state index >= 15 is 0 Å². The van der Waals surface area contributed by atoms with Gasteiger partial charge in [-0.2, -0.15) is 4.98 Å². The molecule has 1 aromatic heterocycles. The van der Waals surface area contributed by atoms with Crippen LogP contribution in [0.25, 0.3) is 22.0 Å². The van der Waals surface area contributed by atoms with Gasteiger partial charge < -0.3 is 10.6 Å². The Morgan fingerprint density at radius 1 is 0.875 bits per heavy atom. The molecule has 1 fully saturated rings. The Morgan fingerprint density at radius 3 is 2.33 bits per heavy atom. The van der Waals surface area contributed by atoms with Gasteiger partial charge in [-0.1, -0.05) is 18.2 Å². The highest BCUT2D eigenvalue weighted by atomic mass is 19.1. The maximum atomic E-state index is 13.2. The van der Waals surface area contributed by atoms with Crippen LogP contribution in [0.1, 0.15) is 19.3 Å². The molecule has 1 aliphatic rings. The summed E-state index contributed by atoms with van der Waals surface area (Å²) in [6.07, 6.45) is 3.60. The molecule has 1 saturated heterocycles.